The van der Waals surface area contributed by atoms with Crippen molar-refractivity contribution < 1.29 is 14.2 Å². The lowest BCUT2D eigenvalue weighted by atomic mass is 10.3. The fraction of sp³-hybridized carbons (Fsp3) is 1.00. The van der Waals surface area contributed by atoms with Gasteiger partial charge in [-0.2, -0.15) is 0 Å². The summed E-state index contributed by atoms with van der Waals surface area (Å²) in [6.45, 7) is 2.00. The highest BCUT2D eigenvalue weighted by molar-refractivity contribution is 4.98. The zero-order chi connectivity index (χ0) is 6.43. The number of fused-ring (bicyclic) bond motifs is 1. The molecule has 0 aromatic carbocycles. The van der Waals surface area contributed by atoms with Crippen molar-refractivity contribution in [1.82, 2.24) is 0 Å². The van der Waals surface area contributed by atoms with Crippen LogP contribution in [0.5, 0.6) is 0 Å². The Balaban J connectivity index is 2.00. The van der Waals surface area contributed by atoms with Crippen LogP contribution >= 0.6 is 0 Å². The van der Waals surface area contributed by atoms with E-state index in [1.165, 1.54) is 0 Å². The summed E-state index contributed by atoms with van der Waals surface area (Å²) in [4.78, 5) is 0. The molecule has 2 fully saturated rings. The molecule has 4 atom stereocenters. The lowest BCUT2D eigenvalue weighted by molar-refractivity contribution is -0.154. The van der Waals surface area contributed by atoms with Gasteiger partial charge >= 0.3 is 0 Å². The van der Waals surface area contributed by atoms with Crippen LogP contribution in [0.15, 0.2) is 0 Å². The lowest BCUT2D eigenvalue weighted by Gasteiger charge is -2.11. The van der Waals surface area contributed by atoms with Crippen LogP contribution in [0.4, 0.5) is 0 Å². The second-order valence-electron chi connectivity index (χ2n) is 2.51. The second-order valence-corrected chi connectivity index (χ2v) is 2.51. The summed E-state index contributed by atoms with van der Waals surface area (Å²) in [5.74, 6) is 0. The van der Waals surface area contributed by atoms with E-state index in [1.54, 1.807) is 7.11 Å². The highest BCUT2D eigenvalue weighted by atomic mass is 16.8. The fourth-order valence-corrected chi connectivity index (χ4v) is 1.29. The molecule has 2 saturated heterocycles. The highest BCUT2D eigenvalue weighted by Crippen LogP contribution is 2.38. The lowest BCUT2D eigenvalue weighted by Crippen LogP contribution is -2.18. The van der Waals surface area contributed by atoms with Crippen LogP contribution in [0, 0.1) is 0 Å². The molecule has 2 aliphatic heterocycles. The van der Waals surface area contributed by atoms with Gasteiger partial charge in [0.05, 0.1) is 6.10 Å². The SMILES string of the molecule is CO[C@@H]1O[C@H](C)[C@H]2O[C@@H]12. The summed E-state index contributed by atoms with van der Waals surface area (Å²) in [6, 6.07) is 0. The Bertz CT molecular complexity index is 125. The standard InChI is InChI=1S/C6H10O3/c1-3-4-5(9-4)6(7-2)8-3/h3-6H,1-2H3/t3-,4-,5-,6-/m1/s1. The summed E-state index contributed by atoms with van der Waals surface area (Å²) in [7, 11) is 1.64. The Kier molecular flexibility index (Phi) is 1.06. The zero-order valence-corrected chi connectivity index (χ0v) is 5.53. The van der Waals surface area contributed by atoms with Crippen LogP contribution < -0.4 is 0 Å². The smallest absolute Gasteiger partial charge is 0.186 e. The average Bonchev–Trinajstić information content (AvgIpc) is 2.56. The van der Waals surface area contributed by atoms with Crippen molar-refractivity contribution >= 4 is 0 Å². The third-order valence-corrected chi connectivity index (χ3v) is 1.87. The quantitative estimate of drug-likeness (QED) is 0.473. The summed E-state index contributed by atoms with van der Waals surface area (Å²) < 4.78 is 15.5. The second kappa shape index (κ2) is 1.68. The van der Waals surface area contributed by atoms with Gasteiger partial charge in [-0.15, -0.1) is 0 Å². The van der Waals surface area contributed by atoms with Crippen LogP contribution in [0.1, 0.15) is 6.92 Å². The maximum atomic E-state index is 5.33. The molecular weight excluding hydrogens is 120 g/mol. The summed E-state index contributed by atoms with van der Waals surface area (Å²) >= 11 is 0. The van der Waals surface area contributed by atoms with Crippen molar-refractivity contribution in [3.8, 4) is 0 Å². The molecule has 2 heterocycles. The van der Waals surface area contributed by atoms with Gasteiger partial charge in [0.15, 0.2) is 6.29 Å². The molecule has 2 rings (SSSR count). The Morgan fingerprint density at radius 1 is 1.22 bits per heavy atom. The molecule has 3 heteroatoms. The maximum Gasteiger partial charge on any atom is 0.186 e. The van der Waals surface area contributed by atoms with E-state index in [4.69, 9.17) is 14.2 Å². The first-order valence-corrected chi connectivity index (χ1v) is 3.16. The predicted octanol–water partition coefficient (Wildman–Crippen LogP) is 0.145. The molecule has 0 aliphatic carbocycles. The molecule has 0 spiro atoms. The molecule has 52 valence electrons. The minimum Gasteiger partial charge on any atom is -0.361 e. The number of hydrogen-bond donors (Lipinski definition) is 0. The molecule has 3 nitrogen and oxygen atoms in total. The minimum absolute atomic E-state index is 0.106. The molecule has 0 bridgehead atoms. The van der Waals surface area contributed by atoms with Gasteiger partial charge in [0.1, 0.15) is 12.2 Å². The normalized spacial score (nSPS) is 55.3. The van der Waals surface area contributed by atoms with Crippen LogP contribution in [-0.4, -0.2) is 31.7 Å². The predicted molar refractivity (Wildman–Crippen MR) is 30.0 cm³/mol. The average molecular weight is 130 g/mol. The van der Waals surface area contributed by atoms with Crippen LogP contribution in [0.2, 0.25) is 0 Å². The van der Waals surface area contributed by atoms with Crippen molar-refractivity contribution in [1.29, 1.82) is 0 Å². The Morgan fingerprint density at radius 2 is 2.00 bits per heavy atom. The van der Waals surface area contributed by atoms with Crippen molar-refractivity contribution in [3.63, 3.8) is 0 Å². The van der Waals surface area contributed by atoms with Gasteiger partial charge in [-0.25, -0.2) is 0 Å². The molecule has 0 unspecified atom stereocenters. The van der Waals surface area contributed by atoms with Gasteiger partial charge in [-0.3, -0.25) is 0 Å². The van der Waals surface area contributed by atoms with E-state index in [0.29, 0.717) is 6.10 Å². The topological polar surface area (TPSA) is 31.0 Å². The monoisotopic (exact) mass is 130 g/mol. The minimum atomic E-state index is -0.106. The molecule has 0 N–H and O–H groups in total. The third-order valence-electron chi connectivity index (χ3n) is 1.87. The van der Waals surface area contributed by atoms with E-state index < -0.39 is 0 Å². The van der Waals surface area contributed by atoms with Gasteiger partial charge < -0.3 is 14.2 Å². The molecule has 0 saturated carbocycles. The van der Waals surface area contributed by atoms with Gasteiger partial charge in [0.25, 0.3) is 0 Å². The van der Waals surface area contributed by atoms with Crippen molar-refractivity contribution in [2.24, 2.45) is 0 Å². The zero-order valence-electron chi connectivity index (χ0n) is 5.53. The molecule has 2 aliphatic rings. The van der Waals surface area contributed by atoms with Crippen molar-refractivity contribution in [2.45, 2.75) is 31.5 Å². The van der Waals surface area contributed by atoms with Gasteiger partial charge in [-0.05, 0) is 6.92 Å². The van der Waals surface area contributed by atoms with E-state index in [-0.39, 0.29) is 18.5 Å². The Hall–Kier alpha value is -0.120. The maximum absolute atomic E-state index is 5.33. The highest BCUT2D eigenvalue weighted by Gasteiger charge is 2.56. The largest absolute Gasteiger partial charge is 0.361 e. The number of epoxide rings is 1. The summed E-state index contributed by atoms with van der Waals surface area (Å²) in [5.41, 5.74) is 0. The van der Waals surface area contributed by atoms with Gasteiger partial charge in [0.2, 0.25) is 0 Å². The molecule has 0 radical (unpaired) electrons. The van der Waals surface area contributed by atoms with Crippen LogP contribution in [0.3, 0.4) is 0 Å². The molecule has 9 heavy (non-hydrogen) atoms. The van der Waals surface area contributed by atoms with E-state index in [0.717, 1.165) is 0 Å². The molecule has 0 amide bonds. The first-order valence-electron chi connectivity index (χ1n) is 3.16. The molecule has 0 aromatic rings. The van der Waals surface area contributed by atoms with Gasteiger partial charge in [-0.1, -0.05) is 0 Å². The first kappa shape index (κ1) is 5.65. The van der Waals surface area contributed by atoms with Crippen LogP contribution in [-0.2, 0) is 14.2 Å². The van der Waals surface area contributed by atoms with Gasteiger partial charge in [0, 0.05) is 7.11 Å². The first-order chi connectivity index (χ1) is 4.33. The Labute approximate surface area is 53.9 Å². The van der Waals surface area contributed by atoms with E-state index in [2.05, 4.69) is 0 Å². The number of hydrogen-bond acceptors (Lipinski definition) is 3. The number of rotatable bonds is 1. The number of ether oxygens (including phenoxy) is 3. The van der Waals surface area contributed by atoms with Crippen molar-refractivity contribution in [2.75, 3.05) is 7.11 Å². The number of methoxy groups -OCH3 is 1. The van der Waals surface area contributed by atoms with E-state index >= 15 is 0 Å². The van der Waals surface area contributed by atoms with Crippen molar-refractivity contribution in [3.05, 3.63) is 0 Å². The Morgan fingerprint density at radius 3 is 2.22 bits per heavy atom. The van der Waals surface area contributed by atoms with E-state index in [1.807, 2.05) is 6.92 Å². The summed E-state index contributed by atoms with van der Waals surface area (Å²) in [6.07, 6.45) is 0.657. The van der Waals surface area contributed by atoms with E-state index in [9.17, 15) is 0 Å². The fourth-order valence-electron chi connectivity index (χ4n) is 1.29. The molecule has 0 aromatic heterocycles. The van der Waals surface area contributed by atoms with Crippen LogP contribution in [0.25, 0.3) is 0 Å². The third kappa shape index (κ3) is 0.689. The molecular formula is C6H10O3. The summed E-state index contributed by atoms with van der Waals surface area (Å²) in [5, 5.41) is 0.